The Hall–Kier alpha value is -1.74. The van der Waals surface area contributed by atoms with Gasteiger partial charge in [0.25, 0.3) is 5.91 Å². The van der Waals surface area contributed by atoms with E-state index in [2.05, 4.69) is 27.9 Å². The molecule has 29 heavy (non-hydrogen) atoms. The number of hydrogen-bond donors (Lipinski definition) is 1. The second-order valence-electron chi connectivity index (χ2n) is 6.21. The van der Waals surface area contributed by atoms with Gasteiger partial charge in [-0.1, -0.05) is 24.3 Å². The van der Waals surface area contributed by atoms with Gasteiger partial charge in [-0.2, -0.15) is 0 Å². The zero-order valence-corrected chi connectivity index (χ0v) is 19.4. The van der Waals surface area contributed by atoms with E-state index in [9.17, 15) is 14.2 Å². The number of ether oxygens (including phenoxy) is 1. The number of halogens is 1. The number of rotatable bonds is 9. The number of nitrogens with one attached hydrogen (secondary N) is 1. The molecule has 2 rings (SSSR count). The smallest absolute Gasteiger partial charge is 0.334 e. The fraction of sp³-hybridized carbons (Fsp3) is 0.300. The molecule has 1 N–H and O–H groups in total. The first kappa shape index (κ1) is 23.5. The van der Waals surface area contributed by atoms with Crippen LogP contribution in [0, 0.1) is 3.57 Å². The fourth-order valence-corrected chi connectivity index (χ4v) is 4.05. The topological polar surface area (TPSA) is 90.9 Å². The van der Waals surface area contributed by atoms with Crippen LogP contribution in [0.25, 0.3) is 0 Å². The Kier molecular flexibility index (Phi) is 8.82. The molecule has 1 amide bonds. The van der Waals surface area contributed by atoms with Gasteiger partial charge in [0.05, 0.1) is 13.3 Å². The Morgan fingerprint density at radius 2 is 1.52 bits per heavy atom. The molecule has 0 heterocycles. The molecule has 2 aromatic rings. The maximum atomic E-state index is 12.6. The molecule has 9 heteroatoms. The molecule has 0 spiro atoms. The highest BCUT2D eigenvalue weighted by molar-refractivity contribution is 14.1. The van der Waals surface area contributed by atoms with Gasteiger partial charge in [-0.05, 0) is 58.0 Å². The highest BCUT2D eigenvalue weighted by Gasteiger charge is 2.24. The molecule has 0 aliphatic carbocycles. The standard InChI is InChI=1S/C20H23INO6P/c1-26-20(24)18(12-14-6-10-17(21)11-7-14)22-19(23)16-8-4-15(5-9-16)13-29(25,27-2)28-3/h4-11,18H,12-13H2,1-3H3,(H,22,23)/t18-/m1/s1. The molecule has 0 fully saturated rings. The normalized spacial score (nSPS) is 12.3. The van der Waals surface area contributed by atoms with Crippen molar-refractivity contribution < 1.29 is 27.9 Å². The lowest BCUT2D eigenvalue weighted by molar-refractivity contribution is -0.142. The molecule has 0 saturated heterocycles. The van der Waals surface area contributed by atoms with Crippen LogP contribution in [0.3, 0.4) is 0 Å². The van der Waals surface area contributed by atoms with Crippen molar-refractivity contribution in [1.29, 1.82) is 0 Å². The van der Waals surface area contributed by atoms with Gasteiger partial charge in [0, 0.05) is 29.8 Å². The van der Waals surface area contributed by atoms with E-state index < -0.39 is 25.5 Å². The Labute approximate surface area is 183 Å². The lowest BCUT2D eigenvalue weighted by Crippen LogP contribution is -2.43. The lowest BCUT2D eigenvalue weighted by atomic mass is 10.1. The van der Waals surface area contributed by atoms with Crippen LogP contribution in [-0.4, -0.2) is 39.2 Å². The van der Waals surface area contributed by atoms with Gasteiger partial charge in [-0.15, -0.1) is 0 Å². The molecule has 2 aromatic carbocycles. The molecule has 0 bridgehead atoms. The van der Waals surface area contributed by atoms with Gasteiger partial charge in [-0.25, -0.2) is 4.79 Å². The van der Waals surface area contributed by atoms with Crippen LogP contribution in [0.5, 0.6) is 0 Å². The molecular formula is C20H23INO6P. The second-order valence-corrected chi connectivity index (χ2v) is 9.72. The van der Waals surface area contributed by atoms with Crippen molar-refractivity contribution in [2.45, 2.75) is 18.6 Å². The molecule has 0 aliphatic heterocycles. The second kappa shape index (κ2) is 10.9. The van der Waals surface area contributed by atoms with Gasteiger partial charge in [0.15, 0.2) is 0 Å². The number of amides is 1. The molecule has 1 atom stereocenters. The quantitative estimate of drug-likeness (QED) is 0.301. The average Bonchev–Trinajstić information content (AvgIpc) is 2.74. The first-order chi connectivity index (χ1) is 13.8. The lowest BCUT2D eigenvalue weighted by Gasteiger charge is -2.17. The molecule has 0 aromatic heterocycles. The van der Waals surface area contributed by atoms with Crippen molar-refractivity contribution in [2.24, 2.45) is 0 Å². The van der Waals surface area contributed by atoms with Gasteiger partial charge in [0.2, 0.25) is 0 Å². The van der Waals surface area contributed by atoms with Crippen LogP contribution in [-0.2, 0) is 35.7 Å². The van der Waals surface area contributed by atoms with Gasteiger partial charge in [-0.3, -0.25) is 9.36 Å². The summed E-state index contributed by atoms with van der Waals surface area (Å²) in [6.45, 7) is 0. The van der Waals surface area contributed by atoms with E-state index in [1.54, 1.807) is 24.3 Å². The van der Waals surface area contributed by atoms with Crippen molar-refractivity contribution in [2.75, 3.05) is 21.3 Å². The van der Waals surface area contributed by atoms with Gasteiger partial charge in [0.1, 0.15) is 6.04 Å². The Morgan fingerprint density at radius 1 is 0.966 bits per heavy atom. The van der Waals surface area contributed by atoms with Gasteiger partial charge >= 0.3 is 13.6 Å². The number of methoxy groups -OCH3 is 1. The van der Waals surface area contributed by atoms with Crippen molar-refractivity contribution >= 4 is 42.1 Å². The zero-order chi connectivity index (χ0) is 21.4. The van der Waals surface area contributed by atoms with Crippen molar-refractivity contribution in [1.82, 2.24) is 5.32 Å². The SMILES string of the molecule is COC(=O)[C@@H](Cc1ccc(I)cc1)NC(=O)c1ccc(CP(=O)(OC)OC)cc1. The number of hydrogen-bond acceptors (Lipinski definition) is 6. The molecule has 0 unspecified atom stereocenters. The van der Waals surface area contributed by atoms with Crippen LogP contribution >= 0.6 is 30.2 Å². The summed E-state index contributed by atoms with van der Waals surface area (Å²) in [5, 5.41) is 2.72. The maximum Gasteiger partial charge on any atom is 0.334 e. The largest absolute Gasteiger partial charge is 0.467 e. The summed E-state index contributed by atoms with van der Waals surface area (Å²) < 4.78 is 28.0. The molecule has 7 nitrogen and oxygen atoms in total. The third-order valence-corrected chi connectivity index (χ3v) is 6.88. The van der Waals surface area contributed by atoms with Crippen LogP contribution in [0.2, 0.25) is 0 Å². The minimum absolute atomic E-state index is 0.0967. The molecular weight excluding hydrogens is 508 g/mol. The summed E-state index contributed by atoms with van der Waals surface area (Å²) in [4.78, 5) is 24.7. The Morgan fingerprint density at radius 3 is 2.03 bits per heavy atom. The summed E-state index contributed by atoms with van der Waals surface area (Å²) in [6.07, 6.45) is 0.414. The van der Waals surface area contributed by atoms with E-state index in [1.165, 1.54) is 21.3 Å². The first-order valence-corrected chi connectivity index (χ1v) is 11.5. The number of esters is 1. The predicted molar refractivity (Wildman–Crippen MR) is 118 cm³/mol. The monoisotopic (exact) mass is 531 g/mol. The first-order valence-electron chi connectivity index (χ1n) is 8.73. The van der Waals surface area contributed by atoms with E-state index >= 15 is 0 Å². The average molecular weight is 531 g/mol. The fourth-order valence-electron chi connectivity index (χ4n) is 2.62. The summed E-state index contributed by atoms with van der Waals surface area (Å²) >= 11 is 2.20. The Bertz CT molecular complexity index is 877. The third-order valence-electron chi connectivity index (χ3n) is 4.29. The van der Waals surface area contributed by atoms with E-state index in [4.69, 9.17) is 13.8 Å². The van der Waals surface area contributed by atoms with E-state index in [-0.39, 0.29) is 6.16 Å². The summed E-state index contributed by atoms with van der Waals surface area (Å²) in [6, 6.07) is 13.4. The minimum Gasteiger partial charge on any atom is -0.467 e. The highest BCUT2D eigenvalue weighted by atomic mass is 127. The van der Waals surface area contributed by atoms with Crippen LogP contribution in [0.1, 0.15) is 21.5 Å². The highest BCUT2D eigenvalue weighted by Crippen LogP contribution is 2.49. The van der Waals surface area contributed by atoms with Crippen LogP contribution in [0.4, 0.5) is 0 Å². The summed E-state index contributed by atoms with van der Waals surface area (Å²) in [5.74, 6) is -0.922. The molecule has 156 valence electrons. The van der Waals surface area contributed by atoms with Crippen LogP contribution < -0.4 is 5.32 Å². The summed E-state index contributed by atoms with van der Waals surface area (Å²) in [7, 11) is 0.751. The van der Waals surface area contributed by atoms with E-state index in [0.717, 1.165) is 9.13 Å². The number of carbonyl (C=O) groups is 2. The summed E-state index contributed by atoms with van der Waals surface area (Å²) in [5.41, 5.74) is 1.98. The maximum absolute atomic E-state index is 12.6. The van der Waals surface area contributed by atoms with Crippen LogP contribution in [0.15, 0.2) is 48.5 Å². The van der Waals surface area contributed by atoms with E-state index in [0.29, 0.717) is 17.5 Å². The number of carbonyl (C=O) groups excluding carboxylic acids is 2. The van der Waals surface area contributed by atoms with E-state index in [1.807, 2.05) is 24.3 Å². The number of benzene rings is 2. The van der Waals surface area contributed by atoms with Crippen molar-refractivity contribution in [3.8, 4) is 0 Å². The third kappa shape index (κ3) is 6.92. The molecule has 0 saturated carbocycles. The Balaban J connectivity index is 2.09. The van der Waals surface area contributed by atoms with Crippen molar-refractivity contribution in [3.05, 3.63) is 68.8 Å². The molecule has 0 aliphatic rings. The predicted octanol–water partition coefficient (Wildman–Crippen LogP) is 3.79. The van der Waals surface area contributed by atoms with Gasteiger partial charge < -0.3 is 19.1 Å². The minimum atomic E-state index is -3.19. The molecule has 0 radical (unpaired) electrons. The van der Waals surface area contributed by atoms with Crippen molar-refractivity contribution in [3.63, 3.8) is 0 Å². The zero-order valence-electron chi connectivity index (χ0n) is 16.4.